The van der Waals surface area contributed by atoms with Crippen LogP contribution in [0, 0.1) is 34.6 Å². The lowest BCUT2D eigenvalue weighted by Gasteiger charge is -2.21. The van der Waals surface area contributed by atoms with E-state index < -0.39 is 63.7 Å². The molecule has 1 aromatic carbocycles. The average molecular weight is 374 g/mol. The molecule has 7 heteroatoms. The van der Waals surface area contributed by atoms with Gasteiger partial charge in [0.05, 0.1) is 19.3 Å². The molecule has 1 unspecified atom stereocenters. The SMILES string of the molecule is COCc1c(F)c(F)c([C@@]2(C(=O)OC)C(C=C(C)C)C2(C)C)c(F)c1F. The van der Waals surface area contributed by atoms with Crippen molar-refractivity contribution in [1.29, 1.82) is 0 Å². The van der Waals surface area contributed by atoms with Gasteiger partial charge in [-0.15, -0.1) is 0 Å². The average Bonchev–Trinajstić information content (AvgIpc) is 3.04. The quantitative estimate of drug-likeness (QED) is 0.331. The normalized spacial score (nSPS) is 23.5. The molecule has 0 aliphatic heterocycles. The minimum atomic E-state index is -1.86. The maximum absolute atomic E-state index is 14.8. The van der Waals surface area contributed by atoms with Gasteiger partial charge in [0.15, 0.2) is 23.3 Å². The number of allylic oxidation sites excluding steroid dienone is 2. The Bertz CT molecular complexity index is 752. The third kappa shape index (κ3) is 2.55. The number of benzene rings is 1. The van der Waals surface area contributed by atoms with Gasteiger partial charge in [-0.2, -0.15) is 0 Å². The maximum atomic E-state index is 14.8. The van der Waals surface area contributed by atoms with Crippen molar-refractivity contribution < 1.29 is 31.8 Å². The second kappa shape index (κ2) is 6.68. The number of carbonyl (C=O) groups is 1. The van der Waals surface area contributed by atoms with E-state index in [1.54, 1.807) is 33.8 Å². The zero-order valence-corrected chi connectivity index (χ0v) is 15.6. The number of methoxy groups -OCH3 is 2. The number of halogens is 4. The molecule has 2 rings (SSSR count). The fourth-order valence-corrected chi connectivity index (χ4v) is 3.90. The van der Waals surface area contributed by atoms with Crippen LogP contribution in [0.5, 0.6) is 0 Å². The lowest BCUT2D eigenvalue weighted by atomic mass is 9.85. The zero-order valence-electron chi connectivity index (χ0n) is 15.6. The second-order valence-corrected chi connectivity index (χ2v) is 7.29. The molecule has 144 valence electrons. The van der Waals surface area contributed by atoms with Crippen molar-refractivity contribution in [3.63, 3.8) is 0 Å². The topological polar surface area (TPSA) is 35.5 Å². The first-order valence-electron chi connectivity index (χ1n) is 8.07. The molecule has 0 radical (unpaired) electrons. The van der Waals surface area contributed by atoms with E-state index in [0.717, 1.165) is 19.8 Å². The van der Waals surface area contributed by atoms with Gasteiger partial charge in [0.1, 0.15) is 5.41 Å². The molecule has 0 bridgehead atoms. The molecule has 1 aromatic rings. The molecule has 1 aliphatic rings. The van der Waals surface area contributed by atoms with E-state index in [-0.39, 0.29) is 0 Å². The zero-order chi connectivity index (χ0) is 20.0. The van der Waals surface area contributed by atoms with E-state index in [4.69, 9.17) is 4.74 Å². The summed E-state index contributed by atoms with van der Waals surface area (Å²) in [5, 5.41) is 0. The third-order valence-electron chi connectivity index (χ3n) is 5.22. The molecule has 0 N–H and O–H groups in total. The molecule has 0 spiro atoms. The van der Waals surface area contributed by atoms with Crippen LogP contribution in [-0.4, -0.2) is 20.2 Å². The van der Waals surface area contributed by atoms with Crippen molar-refractivity contribution in [3.05, 3.63) is 46.0 Å². The number of rotatable bonds is 5. The molecule has 0 saturated heterocycles. The van der Waals surface area contributed by atoms with Gasteiger partial charge in [-0.3, -0.25) is 4.79 Å². The molecule has 1 aliphatic carbocycles. The van der Waals surface area contributed by atoms with Crippen molar-refractivity contribution in [1.82, 2.24) is 0 Å². The van der Waals surface area contributed by atoms with Crippen molar-refractivity contribution in [2.75, 3.05) is 14.2 Å². The second-order valence-electron chi connectivity index (χ2n) is 7.29. The van der Waals surface area contributed by atoms with Gasteiger partial charge >= 0.3 is 5.97 Å². The predicted molar refractivity (Wildman–Crippen MR) is 87.4 cm³/mol. The highest BCUT2D eigenvalue weighted by Gasteiger charge is 2.78. The summed E-state index contributed by atoms with van der Waals surface area (Å²) >= 11 is 0. The summed E-state index contributed by atoms with van der Waals surface area (Å²) in [6, 6.07) is 0. The van der Waals surface area contributed by atoms with Gasteiger partial charge in [0, 0.05) is 18.6 Å². The Hall–Kier alpha value is -1.89. The molecule has 1 saturated carbocycles. The Morgan fingerprint density at radius 3 is 1.92 bits per heavy atom. The maximum Gasteiger partial charge on any atom is 0.317 e. The van der Waals surface area contributed by atoms with Crippen molar-refractivity contribution >= 4 is 5.97 Å². The molecule has 26 heavy (non-hydrogen) atoms. The first-order chi connectivity index (χ1) is 12.0. The van der Waals surface area contributed by atoms with Crippen LogP contribution in [0.15, 0.2) is 11.6 Å². The van der Waals surface area contributed by atoms with E-state index in [1.165, 1.54) is 0 Å². The Labute approximate surface area is 150 Å². The van der Waals surface area contributed by atoms with Crippen LogP contribution in [0.1, 0.15) is 38.8 Å². The minimum absolute atomic E-state index is 0.641. The Morgan fingerprint density at radius 1 is 1.04 bits per heavy atom. The van der Waals surface area contributed by atoms with Crippen molar-refractivity contribution in [2.24, 2.45) is 11.3 Å². The minimum Gasteiger partial charge on any atom is -0.468 e. The fraction of sp³-hybridized carbons (Fsp3) is 0.526. The molecule has 3 nitrogen and oxygen atoms in total. The summed E-state index contributed by atoms with van der Waals surface area (Å²) in [5.41, 5.74) is -3.86. The van der Waals surface area contributed by atoms with Gasteiger partial charge in [-0.05, 0) is 19.3 Å². The predicted octanol–water partition coefficient (Wildman–Crippen LogP) is 4.42. The summed E-state index contributed by atoms with van der Waals surface area (Å²) < 4.78 is 67.9. The monoisotopic (exact) mass is 374 g/mol. The third-order valence-corrected chi connectivity index (χ3v) is 5.22. The van der Waals surface area contributed by atoms with Crippen molar-refractivity contribution in [2.45, 2.75) is 39.7 Å². The number of carbonyl (C=O) groups excluding carboxylic acids is 1. The highest BCUT2D eigenvalue weighted by atomic mass is 19.2. The van der Waals surface area contributed by atoms with Gasteiger partial charge in [-0.25, -0.2) is 17.6 Å². The highest BCUT2D eigenvalue weighted by molar-refractivity contribution is 5.90. The largest absolute Gasteiger partial charge is 0.468 e. The fourth-order valence-electron chi connectivity index (χ4n) is 3.90. The summed E-state index contributed by atoms with van der Waals surface area (Å²) in [6.07, 6.45) is 1.66. The van der Waals surface area contributed by atoms with E-state index in [2.05, 4.69) is 4.74 Å². The van der Waals surface area contributed by atoms with Crippen LogP contribution >= 0.6 is 0 Å². The van der Waals surface area contributed by atoms with E-state index in [0.29, 0.717) is 0 Å². The van der Waals surface area contributed by atoms with Gasteiger partial charge in [0.25, 0.3) is 0 Å². The van der Waals surface area contributed by atoms with Crippen LogP contribution in [0.25, 0.3) is 0 Å². The lowest BCUT2D eigenvalue weighted by molar-refractivity contribution is -0.145. The van der Waals surface area contributed by atoms with Gasteiger partial charge in [0.2, 0.25) is 0 Å². The first kappa shape index (κ1) is 20.4. The van der Waals surface area contributed by atoms with Crippen LogP contribution in [0.2, 0.25) is 0 Å². The Morgan fingerprint density at radius 2 is 1.54 bits per heavy atom. The summed E-state index contributed by atoms with van der Waals surface area (Å²) in [6.45, 7) is 6.08. The standard InChI is InChI=1S/C19H22F4O3/c1-9(2)7-11-18(3,4)19(11,17(24)26-6)12-15(22)13(20)10(8-25-5)14(21)16(12)23/h7,11H,8H2,1-6H3/t11?,19-/m1/s1. The summed E-state index contributed by atoms with van der Waals surface area (Å²) in [4.78, 5) is 12.6. The number of esters is 1. The summed E-state index contributed by atoms with van der Waals surface area (Å²) in [7, 11) is 2.22. The number of hydrogen-bond acceptors (Lipinski definition) is 3. The smallest absolute Gasteiger partial charge is 0.317 e. The first-order valence-corrected chi connectivity index (χ1v) is 8.07. The number of ether oxygens (including phenoxy) is 2. The lowest BCUT2D eigenvalue weighted by Crippen LogP contribution is -2.32. The van der Waals surface area contributed by atoms with E-state index in [1.807, 2.05) is 0 Å². The van der Waals surface area contributed by atoms with Gasteiger partial charge < -0.3 is 9.47 Å². The Balaban J connectivity index is 2.86. The molecule has 1 fully saturated rings. The van der Waals surface area contributed by atoms with Crippen molar-refractivity contribution in [3.8, 4) is 0 Å². The molecular formula is C19H22F4O3. The van der Waals surface area contributed by atoms with Crippen LogP contribution in [0.4, 0.5) is 17.6 Å². The van der Waals surface area contributed by atoms with Crippen LogP contribution in [0.3, 0.4) is 0 Å². The molecule has 0 aromatic heterocycles. The molecule has 2 atom stereocenters. The Kier molecular flexibility index (Phi) is 5.25. The number of hydrogen-bond donors (Lipinski definition) is 0. The highest BCUT2D eigenvalue weighted by Crippen LogP contribution is 2.71. The molecular weight excluding hydrogens is 352 g/mol. The van der Waals surface area contributed by atoms with E-state index >= 15 is 0 Å². The van der Waals surface area contributed by atoms with Crippen LogP contribution in [-0.2, 0) is 26.3 Å². The summed E-state index contributed by atoms with van der Waals surface area (Å²) in [5.74, 6) is -7.95. The van der Waals surface area contributed by atoms with E-state index in [9.17, 15) is 22.4 Å². The van der Waals surface area contributed by atoms with Gasteiger partial charge in [-0.1, -0.05) is 25.5 Å². The van der Waals surface area contributed by atoms with Crippen LogP contribution < -0.4 is 0 Å². The molecule has 0 amide bonds. The molecule has 0 heterocycles.